The Hall–Kier alpha value is -2.81. The number of aromatic nitrogens is 3. The number of piperazine rings is 1. The van der Waals surface area contributed by atoms with Gasteiger partial charge in [-0.25, -0.2) is 4.39 Å². The van der Waals surface area contributed by atoms with Crippen LogP contribution in [0.15, 0.2) is 30.5 Å². The number of nitrogens with one attached hydrogen (secondary N) is 1. The zero-order valence-electron chi connectivity index (χ0n) is 16.3. The molecule has 2 aliphatic heterocycles. The summed E-state index contributed by atoms with van der Waals surface area (Å²) in [5.41, 5.74) is 0.955. The quantitative estimate of drug-likeness (QED) is 0.806. The number of halogens is 1. The van der Waals surface area contributed by atoms with Crippen molar-refractivity contribution in [2.75, 3.05) is 32.7 Å². The van der Waals surface area contributed by atoms with Gasteiger partial charge in [-0.15, -0.1) is 5.10 Å². The van der Waals surface area contributed by atoms with E-state index in [2.05, 4.69) is 15.6 Å². The number of benzene rings is 1. The Bertz CT molecular complexity index is 885. The molecular weight excluding hydrogens is 375 g/mol. The Balaban J connectivity index is 1.34. The van der Waals surface area contributed by atoms with Crippen LogP contribution in [-0.4, -0.2) is 69.3 Å². The van der Waals surface area contributed by atoms with Crippen molar-refractivity contribution >= 4 is 11.8 Å². The molecule has 0 aliphatic carbocycles. The van der Waals surface area contributed by atoms with Gasteiger partial charge < -0.3 is 10.2 Å². The molecule has 2 aromatic rings. The van der Waals surface area contributed by atoms with Gasteiger partial charge in [0.2, 0.25) is 5.91 Å². The standard InChI is InChI=1S/C20H25FN6O2/c21-18-6-2-1-5-17(18)20(29)26-8-3-4-15(10-26)11-27-13-16(23-24-27)12-25-9-7-22-19(28)14-25/h1-2,5-6,13,15H,3-4,7-12,14H2,(H,22,28)/t15-/m0/s1. The summed E-state index contributed by atoms with van der Waals surface area (Å²) in [5.74, 6) is -0.456. The molecule has 154 valence electrons. The molecule has 1 atom stereocenters. The lowest BCUT2D eigenvalue weighted by molar-refractivity contribution is -0.124. The van der Waals surface area contributed by atoms with Crippen LogP contribution < -0.4 is 5.32 Å². The summed E-state index contributed by atoms with van der Waals surface area (Å²) in [6.45, 7) is 4.31. The molecule has 0 radical (unpaired) electrons. The van der Waals surface area contributed by atoms with E-state index in [-0.39, 0.29) is 23.3 Å². The molecule has 1 aromatic heterocycles. The summed E-state index contributed by atoms with van der Waals surface area (Å²) in [7, 11) is 0. The third kappa shape index (κ3) is 4.79. The van der Waals surface area contributed by atoms with Gasteiger partial charge in [0.05, 0.1) is 17.8 Å². The van der Waals surface area contributed by atoms with Crippen LogP contribution in [-0.2, 0) is 17.9 Å². The summed E-state index contributed by atoms with van der Waals surface area (Å²) >= 11 is 0. The molecule has 1 N–H and O–H groups in total. The maximum absolute atomic E-state index is 14.0. The molecule has 4 rings (SSSR count). The highest BCUT2D eigenvalue weighted by atomic mass is 19.1. The van der Waals surface area contributed by atoms with Gasteiger partial charge in [0.25, 0.3) is 5.91 Å². The molecule has 2 amide bonds. The zero-order valence-corrected chi connectivity index (χ0v) is 16.3. The lowest BCUT2D eigenvalue weighted by Gasteiger charge is -2.32. The van der Waals surface area contributed by atoms with E-state index in [1.807, 2.05) is 11.1 Å². The van der Waals surface area contributed by atoms with Gasteiger partial charge in [-0.3, -0.25) is 19.2 Å². The van der Waals surface area contributed by atoms with Gasteiger partial charge in [0.15, 0.2) is 0 Å². The van der Waals surface area contributed by atoms with Gasteiger partial charge in [0, 0.05) is 45.5 Å². The van der Waals surface area contributed by atoms with Gasteiger partial charge in [-0.1, -0.05) is 17.3 Å². The molecule has 2 fully saturated rings. The maximum Gasteiger partial charge on any atom is 0.256 e. The molecule has 29 heavy (non-hydrogen) atoms. The molecule has 0 unspecified atom stereocenters. The minimum Gasteiger partial charge on any atom is -0.354 e. The first-order valence-corrected chi connectivity index (χ1v) is 10.0. The largest absolute Gasteiger partial charge is 0.354 e. The number of carbonyl (C=O) groups is 2. The van der Waals surface area contributed by atoms with E-state index in [9.17, 15) is 14.0 Å². The predicted octanol–water partition coefficient (Wildman–Crippen LogP) is 0.901. The smallest absolute Gasteiger partial charge is 0.256 e. The molecule has 8 nitrogen and oxygen atoms in total. The van der Waals surface area contributed by atoms with Crippen molar-refractivity contribution in [2.45, 2.75) is 25.9 Å². The molecule has 2 aliphatic rings. The Kier molecular flexibility index (Phi) is 5.84. The van der Waals surface area contributed by atoms with E-state index in [4.69, 9.17) is 0 Å². The fourth-order valence-corrected chi connectivity index (χ4v) is 4.02. The average molecular weight is 400 g/mol. The number of amides is 2. The van der Waals surface area contributed by atoms with Crippen molar-refractivity contribution in [1.29, 1.82) is 0 Å². The van der Waals surface area contributed by atoms with E-state index in [1.165, 1.54) is 12.1 Å². The fourth-order valence-electron chi connectivity index (χ4n) is 4.02. The fraction of sp³-hybridized carbons (Fsp3) is 0.500. The molecule has 2 saturated heterocycles. The third-order valence-corrected chi connectivity index (χ3v) is 5.44. The minimum atomic E-state index is -0.480. The number of carbonyl (C=O) groups excluding carboxylic acids is 2. The number of hydrogen-bond acceptors (Lipinski definition) is 5. The van der Waals surface area contributed by atoms with E-state index in [0.29, 0.717) is 39.3 Å². The summed E-state index contributed by atoms with van der Waals surface area (Å²) in [4.78, 5) is 28.0. The second-order valence-corrected chi connectivity index (χ2v) is 7.73. The van der Waals surface area contributed by atoms with Crippen molar-refractivity contribution < 1.29 is 14.0 Å². The first-order chi connectivity index (χ1) is 14.1. The summed E-state index contributed by atoms with van der Waals surface area (Å²) in [6.07, 6.45) is 3.78. The predicted molar refractivity (Wildman–Crippen MR) is 103 cm³/mol. The number of hydrogen-bond donors (Lipinski definition) is 1. The molecule has 0 bridgehead atoms. The summed E-state index contributed by atoms with van der Waals surface area (Å²) < 4.78 is 15.8. The Morgan fingerprint density at radius 1 is 1.28 bits per heavy atom. The average Bonchev–Trinajstić information content (AvgIpc) is 3.15. The molecule has 1 aromatic carbocycles. The Labute approximate surface area is 168 Å². The highest BCUT2D eigenvalue weighted by Crippen LogP contribution is 2.21. The van der Waals surface area contributed by atoms with Crippen LogP contribution in [0.1, 0.15) is 28.9 Å². The van der Waals surface area contributed by atoms with Gasteiger partial charge in [0.1, 0.15) is 5.82 Å². The second-order valence-electron chi connectivity index (χ2n) is 7.73. The van der Waals surface area contributed by atoms with E-state index >= 15 is 0 Å². The van der Waals surface area contributed by atoms with Crippen LogP contribution in [0.5, 0.6) is 0 Å². The lowest BCUT2D eigenvalue weighted by atomic mass is 9.97. The summed E-state index contributed by atoms with van der Waals surface area (Å²) in [6, 6.07) is 6.12. The maximum atomic E-state index is 14.0. The molecule has 3 heterocycles. The van der Waals surface area contributed by atoms with Crippen molar-refractivity contribution in [3.63, 3.8) is 0 Å². The van der Waals surface area contributed by atoms with Crippen LogP contribution in [0.4, 0.5) is 4.39 Å². The van der Waals surface area contributed by atoms with Gasteiger partial charge in [-0.05, 0) is 30.9 Å². The number of piperidine rings is 1. The first-order valence-electron chi connectivity index (χ1n) is 10.0. The van der Waals surface area contributed by atoms with Crippen LogP contribution in [0.2, 0.25) is 0 Å². The van der Waals surface area contributed by atoms with E-state index < -0.39 is 5.82 Å². The SMILES string of the molecule is O=C1CN(Cc2cn(C[C@H]3CCCN(C(=O)c4ccccc4F)C3)nn2)CCN1. The van der Waals surface area contributed by atoms with E-state index in [1.54, 1.807) is 21.7 Å². The number of likely N-dealkylation sites (tertiary alicyclic amines) is 1. The highest BCUT2D eigenvalue weighted by Gasteiger charge is 2.26. The molecule has 0 saturated carbocycles. The first kappa shape index (κ1) is 19.5. The van der Waals surface area contributed by atoms with Crippen molar-refractivity contribution in [1.82, 2.24) is 30.1 Å². The van der Waals surface area contributed by atoms with Gasteiger partial charge >= 0.3 is 0 Å². The van der Waals surface area contributed by atoms with Crippen molar-refractivity contribution in [3.05, 3.63) is 47.5 Å². The second kappa shape index (κ2) is 8.69. The lowest BCUT2D eigenvalue weighted by Crippen LogP contribution is -2.47. The van der Waals surface area contributed by atoms with Crippen LogP contribution in [0.3, 0.4) is 0 Å². The van der Waals surface area contributed by atoms with Crippen molar-refractivity contribution in [3.8, 4) is 0 Å². The van der Waals surface area contributed by atoms with Crippen LogP contribution >= 0.6 is 0 Å². The highest BCUT2D eigenvalue weighted by molar-refractivity contribution is 5.94. The third-order valence-electron chi connectivity index (χ3n) is 5.44. The van der Waals surface area contributed by atoms with Crippen LogP contribution in [0, 0.1) is 11.7 Å². The number of nitrogens with zero attached hydrogens (tertiary/aromatic N) is 5. The minimum absolute atomic E-state index is 0.0328. The normalized spacial score (nSPS) is 20.5. The Morgan fingerprint density at radius 3 is 2.97 bits per heavy atom. The monoisotopic (exact) mass is 400 g/mol. The molecule has 0 spiro atoms. The van der Waals surface area contributed by atoms with Crippen molar-refractivity contribution in [2.24, 2.45) is 5.92 Å². The molecule has 9 heteroatoms. The summed E-state index contributed by atoms with van der Waals surface area (Å²) in [5, 5.41) is 11.2. The van der Waals surface area contributed by atoms with Crippen LogP contribution in [0.25, 0.3) is 0 Å². The molecular formula is C20H25FN6O2. The van der Waals surface area contributed by atoms with E-state index in [0.717, 1.165) is 25.1 Å². The topological polar surface area (TPSA) is 83.4 Å². The van der Waals surface area contributed by atoms with Gasteiger partial charge in [-0.2, -0.15) is 0 Å². The Morgan fingerprint density at radius 2 is 2.14 bits per heavy atom. The zero-order chi connectivity index (χ0) is 20.2. The number of rotatable bonds is 5.